The van der Waals surface area contributed by atoms with Gasteiger partial charge in [-0.25, -0.2) is 0 Å². The van der Waals surface area contributed by atoms with Crippen LogP contribution in [-0.2, 0) is 32.7 Å². The Balaban J connectivity index is 1.82. The average molecular weight is 284 g/mol. The second-order valence-corrected chi connectivity index (χ2v) is 5.92. The smallest absolute Gasteiger partial charge is 0.0669 e. The van der Waals surface area contributed by atoms with E-state index in [2.05, 4.69) is 41.7 Å². The molecular weight excluding hydrogens is 260 g/mol. The quantitative estimate of drug-likeness (QED) is 0.654. The van der Waals surface area contributed by atoms with Gasteiger partial charge in [0.2, 0.25) is 0 Å². The maximum atomic E-state index is 5.79. The van der Waals surface area contributed by atoms with Gasteiger partial charge in [-0.1, -0.05) is 25.1 Å². The zero-order chi connectivity index (χ0) is 14.8. The Hall–Kier alpha value is -1.65. The molecule has 2 aromatic rings. The van der Waals surface area contributed by atoms with Crippen molar-refractivity contribution < 1.29 is 0 Å². The zero-order valence-electron chi connectivity index (χ0n) is 12.9. The molecule has 1 aromatic carbocycles. The molecule has 4 heteroatoms. The average Bonchev–Trinajstić information content (AvgIpc) is 3.10. The predicted octanol–water partition coefficient (Wildman–Crippen LogP) is 2.22. The van der Waals surface area contributed by atoms with Crippen LogP contribution >= 0.6 is 0 Å². The molecule has 1 heterocycles. The second kappa shape index (κ2) is 6.00. The number of fused-ring (bicyclic) bond motifs is 1. The molecule has 0 bridgehead atoms. The summed E-state index contributed by atoms with van der Waals surface area (Å²) in [6.45, 7) is 2.12. The van der Waals surface area contributed by atoms with Crippen LogP contribution in [0.4, 0.5) is 0 Å². The van der Waals surface area contributed by atoms with Crippen LogP contribution in [0.5, 0.6) is 0 Å². The summed E-state index contributed by atoms with van der Waals surface area (Å²) in [6.07, 6.45) is 5.58. The van der Waals surface area contributed by atoms with E-state index in [0.717, 1.165) is 24.2 Å². The lowest BCUT2D eigenvalue weighted by molar-refractivity contribution is 0.508. The summed E-state index contributed by atoms with van der Waals surface area (Å²) in [6, 6.07) is 9.13. The van der Waals surface area contributed by atoms with Crippen molar-refractivity contribution in [2.24, 2.45) is 12.9 Å². The van der Waals surface area contributed by atoms with Gasteiger partial charge in [-0.05, 0) is 54.9 Å². The van der Waals surface area contributed by atoms with Crippen LogP contribution in [0.15, 0.2) is 24.3 Å². The van der Waals surface area contributed by atoms with E-state index in [9.17, 15) is 0 Å². The van der Waals surface area contributed by atoms with Crippen LogP contribution in [0.2, 0.25) is 0 Å². The van der Waals surface area contributed by atoms with E-state index in [1.807, 2.05) is 11.7 Å². The van der Waals surface area contributed by atoms with E-state index in [1.165, 1.54) is 36.0 Å². The minimum Gasteiger partial charge on any atom is -0.271 e. The molecular formula is C17H24N4. The number of nitrogens with zero attached hydrogens (tertiary/aromatic N) is 2. The first-order valence-electron chi connectivity index (χ1n) is 7.81. The van der Waals surface area contributed by atoms with Gasteiger partial charge in [0.15, 0.2) is 0 Å². The fourth-order valence-corrected chi connectivity index (χ4v) is 3.28. The second-order valence-electron chi connectivity index (χ2n) is 5.92. The van der Waals surface area contributed by atoms with Crippen molar-refractivity contribution in [1.29, 1.82) is 0 Å². The van der Waals surface area contributed by atoms with E-state index in [-0.39, 0.29) is 6.04 Å². The van der Waals surface area contributed by atoms with Gasteiger partial charge in [-0.2, -0.15) is 5.10 Å². The molecule has 1 aliphatic carbocycles. The molecule has 0 fully saturated rings. The van der Waals surface area contributed by atoms with E-state index in [0.29, 0.717) is 0 Å². The van der Waals surface area contributed by atoms with Gasteiger partial charge < -0.3 is 0 Å². The maximum absolute atomic E-state index is 5.79. The molecule has 3 rings (SSSR count). The minimum absolute atomic E-state index is 0.0993. The van der Waals surface area contributed by atoms with Crippen molar-refractivity contribution in [2.45, 2.75) is 45.1 Å². The molecule has 1 aromatic heterocycles. The van der Waals surface area contributed by atoms with Crippen molar-refractivity contribution in [1.82, 2.24) is 15.2 Å². The Labute approximate surface area is 126 Å². The zero-order valence-corrected chi connectivity index (χ0v) is 12.9. The maximum Gasteiger partial charge on any atom is 0.0669 e. The lowest BCUT2D eigenvalue weighted by Crippen LogP contribution is -2.31. The Kier molecular flexibility index (Phi) is 4.08. The van der Waals surface area contributed by atoms with E-state index < -0.39 is 0 Å². The molecule has 1 aliphatic rings. The summed E-state index contributed by atoms with van der Waals surface area (Å²) in [5, 5.41) is 4.52. The normalized spacial score (nSPS) is 15.2. The third-order valence-corrected chi connectivity index (χ3v) is 4.49. The van der Waals surface area contributed by atoms with Crippen LogP contribution in [0.1, 0.15) is 47.5 Å². The molecule has 21 heavy (non-hydrogen) atoms. The van der Waals surface area contributed by atoms with Crippen LogP contribution in [0.25, 0.3) is 0 Å². The third-order valence-electron chi connectivity index (χ3n) is 4.49. The first-order valence-corrected chi connectivity index (χ1v) is 7.81. The van der Waals surface area contributed by atoms with Gasteiger partial charge >= 0.3 is 0 Å². The van der Waals surface area contributed by atoms with E-state index in [1.54, 1.807) is 0 Å². The molecule has 4 nitrogen and oxygen atoms in total. The molecule has 0 saturated heterocycles. The molecule has 112 valence electrons. The van der Waals surface area contributed by atoms with Gasteiger partial charge in [0.05, 0.1) is 17.4 Å². The van der Waals surface area contributed by atoms with Gasteiger partial charge in [0.25, 0.3) is 0 Å². The molecule has 0 radical (unpaired) electrons. The number of hydrogen-bond donors (Lipinski definition) is 2. The minimum atomic E-state index is 0.0993. The number of aryl methyl sites for hydroxylation is 4. The standard InChI is InChI=1S/C17H24N4/c1-3-15-11-17(21(2)20-15)16(19-18)10-12-7-8-13-5-4-6-14(13)9-12/h7-9,11,16,19H,3-6,10,18H2,1-2H3. The lowest BCUT2D eigenvalue weighted by Gasteiger charge is -2.17. The van der Waals surface area contributed by atoms with Gasteiger partial charge in [0.1, 0.15) is 0 Å². The molecule has 0 saturated carbocycles. The van der Waals surface area contributed by atoms with E-state index in [4.69, 9.17) is 5.84 Å². The first kappa shape index (κ1) is 14.3. The highest BCUT2D eigenvalue weighted by atomic mass is 15.3. The van der Waals surface area contributed by atoms with Crippen LogP contribution < -0.4 is 11.3 Å². The number of hydrogen-bond acceptors (Lipinski definition) is 3. The lowest BCUT2D eigenvalue weighted by atomic mass is 9.99. The highest BCUT2D eigenvalue weighted by molar-refractivity contribution is 5.36. The molecule has 0 aliphatic heterocycles. The predicted molar refractivity (Wildman–Crippen MR) is 84.8 cm³/mol. The fourth-order valence-electron chi connectivity index (χ4n) is 3.28. The number of rotatable bonds is 5. The fraction of sp³-hybridized carbons (Fsp3) is 0.471. The summed E-state index contributed by atoms with van der Waals surface area (Å²) in [5.74, 6) is 5.79. The van der Waals surface area contributed by atoms with Gasteiger partial charge in [-0.3, -0.25) is 16.0 Å². The Morgan fingerprint density at radius 3 is 2.81 bits per heavy atom. The van der Waals surface area contributed by atoms with Crippen molar-refractivity contribution >= 4 is 0 Å². The number of benzene rings is 1. The molecule has 3 N–H and O–H groups in total. The van der Waals surface area contributed by atoms with Crippen molar-refractivity contribution in [3.05, 3.63) is 52.3 Å². The summed E-state index contributed by atoms with van der Waals surface area (Å²) >= 11 is 0. The summed E-state index contributed by atoms with van der Waals surface area (Å²) < 4.78 is 1.94. The largest absolute Gasteiger partial charge is 0.271 e. The topological polar surface area (TPSA) is 55.9 Å². The van der Waals surface area contributed by atoms with Crippen molar-refractivity contribution in [3.63, 3.8) is 0 Å². The third kappa shape index (κ3) is 2.87. The highest BCUT2D eigenvalue weighted by Crippen LogP contribution is 2.25. The van der Waals surface area contributed by atoms with Crippen molar-refractivity contribution in [2.75, 3.05) is 0 Å². The number of aromatic nitrogens is 2. The molecule has 1 atom stereocenters. The van der Waals surface area contributed by atoms with Gasteiger partial charge in [-0.15, -0.1) is 0 Å². The SMILES string of the molecule is CCc1cc(C(Cc2ccc3c(c2)CCC3)NN)n(C)n1. The van der Waals surface area contributed by atoms with Gasteiger partial charge in [0, 0.05) is 7.05 Å². The summed E-state index contributed by atoms with van der Waals surface area (Å²) in [7, 11) is 1.99. The summed E-state index contributed by atoms with van der Waals surface area (Å²) in [5.41, 5.74) is 9.59. The van der Waals surface area contributed by atoms with Crippen LogP contribution in [-0.4, -0.2) is 9.78 Å². The molecule has 0 spiro atoms. The van der Waals surface area contributed by atoms with Crippen LogP contribution in [0, 0.1) is 0 Å². The monoisotopic (exact) mass is 284 g/mol. The number of nitrogens with one attached hydrogen (secondary N) is 1. The number of nitrogens with two attached hydrogens (primary N) is 1. The Bertz CT molecular complexity index is 630. The number of hydrazine groups is 1. The highest BCUT2D eigenvalue weighted by Gasteiger charge is 2.17. The first-order chi connectivity index (χ1) is 10.2. The molecule has 0 amide bonds. The summed E-state index contributed by atoms with van der Waals surface area (Å²) in [4.78, 5) is 0. The van der Waals surface area contributed by atoms with Crippen LogP contribution in [0.3, 0.4) is 0 Å². The van der Waals surface area contributed by atoms with Crippen molar-refractivity contribution in [3.8, 4) is 0 Å². The Morgan fingerprint density at radius 1 is 1.29 bits per heavy atom. The van der Waals surface area contributed by atoms with E-state index >= 15 is 0 Å². The Morgan fingerprint density at radius 2 is 2.10 bits per heavy atom. The molecule has 1 unspecified atom stereocenters.